The van der Waals surface area contributed by atoms with Crippen molar-refractivity contribution < 1.29 is 23.1 Å². The number of carbonyl (C=O) groups is 1. The molecule has 2 aliphatic heterocycles. The van der Waals surface area contributed by atoms with Crippen molar-refractivity contribution in [2.75, 3.05) is 13.1 Å². The number of aromatic nitrogens is 2. The maximum Gasteiger partial charge on any atom is 0.309 e. The van der Waals surface area contributed by atoms with E-state index in [-0.39, 0.29) is 42.2 Å². The number of dihydropyridines is 1. The summed E-state index contributed by atoms with van der Waals surface area (Å²) in [5.74, 6) is -1.03. The molecule has 0 saturated carbocycles. The first-order valence-corrected chi connectivity index (χ1v) is 12.7. The fraction of sp³-hybridized carbons (Fsp3) is 0.500. The van der Waals surface area contributed by atoms with E-state index in [1.807, 2.05) is 20.8 Å². The van der Waals surface area contributed by atoms with Crippen molar-refractivity contribution in [1.29, 1.82) is 0 Å². The fourth-order valence-corrected chi connectivity index (χ4v) is 6.08. The molecule has 2 aliphatic rings. The molecule has 2 aromatic rings. The molecule has 0 spiro atoms. The molecule has 1 N–H and O–H groups in total. The molecule has 3 atom stereocenters. The van der Waals surface area contributed by atoms with E-state index in [4.69, 9.17) is 16.3 Å². The highest BCUT2D eigenvalue weighted by atomic mass is 35.5. The number of nitrogens with zero attached hydrogens (tertiary/aromatic N) is 4. The normalized spacial score (nSPS) is 24.0. The van der Waals surface area contributed by atoms with E-state index in [0.717, 1.165) is 0 Å². The molecule has 9 nitrogen and oxygen atoms in total. The lowest BCUT2D eigenvalue weighted by Gasteiger charge is -2.22. The zero-order valence-electron chi connectivity index (χ0n) is 18.7. The summed E-state index contributed by atoms with van der Waals surface area (Å²) in [5, 5.41) is 15.0. The fourth-order valence-electron chi connectivity index (χ4n) is 4.34. The van der Waals surface area contributed by atoms with Crippen LogP contribution in [0.25, 0.3) is 10.9 Å². The van der Waals surface area contributed by atoms with Gasteiger partial charge in [0.05, 0.1) is 34.7 Å². The third-order valence-corrected chi connectivity index (χ3v) is 7.95. The maximum absolute atomic E-state index is 13.3. The van der Waals surface area contributed by atoms with Crippen molar-refractivity contribution in [2.24, 2.45) is 10.9 Å². The van der Waals surface area contributed by atoms with Crippen LogP contribution in [0.5, 0.6) is 0 Å². The van der Waals surface area contributed by atoms with E-state index < -0.39 is 16.0 Å². The Balaban J connectivity index is 1.60. The summed E-state index contributed by atoms with van der Waals surface area (Å²) in [6, 6.07) is 4.93. The molecule has 0 radical (unpaired) electrons. The van der Waals surface area contributed by atoms with Gasteiger partial charge in [0.2, 0.25) is 10.0 Å². The minimum atomic E-state index is -3.73. The van der Waals surface area contributed by atoms with E-state index in [2.05, 4.69) is 10.1 Å². The first-order valence-electron chi connectivity index (χ1n) is 10.8. The summed E-state index contributed by atoms with van der Waals surface area (Å²) in [4.78, 5) is 15.7. The molecule has 33 heavy (non-hydrogen) atoms. The first kappa shape index (κ1) is 23.9. The molecule has 3 heterocycles. The lowest BCUT2D eigenvalue weighted by Crippen LogP contribution is -2.32. The van der Waals surface area contributed by atoms with E-state index in [9.17, 15) is 18.3 Å². The van der Waals surface area contributed by atoms with Gasteiger partial charge in [-0.3, -0.25) is 14.5 Å². The van der Waals surface area contributed by atoms with Crippen molar-refractivity contribution in [3.8, 4) is 0 Å². The Bertz CT molecular complexity index is 1240. The van der Waals surface area contributed by atoms with Crippen LogP contribution in [0.2, 0.25) is 5.02 Å². The number of hydrogen-bond donors (Lipinski definition) is 1. The average molecular weight is 495 g/mol. The predicted octanol–water partition coefficient (Wildman–Crippen LogP) is 3.25. The van der Waals surface area contributed by atoms with Crippen LogP contribution in [0.1, 0.15) is 38.9 Å². The van der Waals surface area contributed by atoms with Crippen molar-refractivity contribution in [3.05, 3.63) is 39.9 Å². The highest BCUT2D eigenvalue weighted by Crippen LogP contribution is 2.35. The number of sulfonamides is 1. The van der Waals surface area contributed by atoms with Crippen LogP contribution >= 0.6 is 11.6 Å². The molecule has 0 bridgehead atoms. The minimum absolute atomic E-state index is 0.00214. The molecule has 11 heteroatoms. The lowest BCUT2D eigenvalue weighted by molar-refractivity contribution is -0.136. The summed E-state index contributed by atoms with van der Waals surface area (Å²) >= 11 is 6.20. The Morgan fingerprint density at radius 1 is 1.33 bits per heavy atom. The smallest absolute Gasteiger partial charge is 0.309 e. The zero-order valence-corrected chi connectivity index (χ0v) is 20.3. The Labute approximate surface area is 197 Å². The largest absolute Gasteiger partial charge is 0.481 e. The van der Waals surface area contributed by atoms with Crippen LogP contribution in [-0.2, 0) is 26.0 Å². The molecule has 178 valence electrons. The summed E-state index contributed by atoms with van der Waals surface area (Å²) in [6.45, 7) is 6.32. The Morgan fingerprint density at radius 3 is 2.73 bits per heavy atom. The number of carboxylic acids is 1. The maximum atomic E-state index is 13.3. The Kier molecular flexibility index (Phi) is 6.63. The van der Waals surface area contributed by atoms with Gasteiger partial charge >= 0.3 is 5.97 Å². The number of carboxylic acid groups (broad SMARTS) is 1. The van der Waals surface area contributed by atoms with Gasteiger partial charge in [0, 0.05) is 36.1 Å². The molecule has 1 aromatic carbocycles. The molecule has 1 unspecified atom stereocenters. The van der Waals surface area contributed by atoms with Crippen LogP contribution in [-0.4, -0.2) is 65.2 Å². The number of halogens is 1. The summed E-state index contributed by atoms with van der Waals surface area (Å²) in [6.07, 6.45) is 2.83. The number of aliphatic carboxylic acids is 1. The highest BCUT2D eigenvalue weighted by Gasteiger charge is 2.40. The monoisotopic (exact) mass is 494 g/mol. The second-order valence-corrected chi connectivity index (χ2v) is 11.1. The number of benzene rings is 1. The minimum Gasteiger partial charge on any atom is -0.481 e. The quantitative estimate of drug-likeness (QED) is 0.632. The van der Waals surface area contributed by atoms with Crippen LogP contribution in [0, 0.1) is 5.92 Å². The topological polar surface area (TPSA) is 114 Å². The van der Waals surface area contributed by atoms with Crippen LogP contribution in [0.3, 0.4) is 0 Å². The number of rotatable bonds is 7. The molecule has 1 fully saturated rings. The van der Waals surface area contributed by atoms with Gasteiger partial charge in [-0.2, -0.15) is 9.40 Å². The molecule has 1 saturated heterocycles. The Morgan fingerprint density at radius 2 is 2.09 bits per heavy atom. The number of aliphatic imine (C=N–C) groups is 1. The van der Waals surface area contributed by atoms with Crippen LogP contribution < -0.4 is 0 Å². The van der Waals surface area contributed by atoms with Crippen molar-refractivity contribution in [2.45, 2.75) is 52.0 Å². The first-order chi connectivity index (χ1) is 15.6. The van der Waals surface area contributed by atoms with Gasteiger partial charge in [-0.25, -0.2) is 8.42 Å². The second kappa shape index (κ2) is 9.17. The molecule has 0 amide bonds. The van der Waals surface area contributed by atoms with Crippen LogP contribution in [0.4, 0.5) is 0 Å². The van der Waals surface area contributed by atoms with Gasteiger partial charge in [-0.1, -0.05) is 24.6 Å². The molecule has 0 aliphatic carbocycles. The third kappa shape index (κ3) is 4.84. The van der Waals surface area contributed by atoms with Gasteiger partial charge in [-0.15, -0.1) is 0 Å². The summed E-state index contributed by atoms with van der Waals surface area (Å²) < 4.78 is 35.4. The zero-order chi connectivity index (χ0) is 23.9. The lowest BCUT2D eigenvalue weighted by atomic mass is 10.1. The van der Waals surface area contributed by atoms with E-state index in [1.54, 1.807) is 29.0 Å². The number of allylic oxidation sites excluding steroid dienone is 1. The van der Waals surface area contributed by atoms with E-state index >= 15 is 0 Å². The third-order valence-electron chi connectivity index (χ3n) is 5.87. The van der Waals surface area contributed by atoms with E-state index in [1.165, 1.54) is 10.5 Å². The number of hydrogen-bond acceptors (Lipinski definition) is 6. The van der Waals surface area contributed by atoms with Gasteiger partial charge in [0.15, 0.2) is 6.23 Å². The Hall–Kier alpha value is -2.27. The molecule has 1 aromatic heterocycles. The van der Waals surface area contributed by atoms with Crippen molar-refractivity contribution in [1.82, 2.24) is 14.1 Å². The van der Waals surface area contributed by atoms with Gasteiger partial charge in [-0.05, 0) is 38.0 Å². The van der Waals surface area contributed by atoms with Crippen molar-refractivity contribution in [3.63, 3.8) is 0 Å². The van der Waals surface area contributed by atoms with Crippen molar-refractivity contribution >= 4 is 44.7 Å². The molecular weight excluding hydrogens is 468 g/mol. The standard InChI is InChI=1S/C22H27ClN4O5S/c1-13(2)32-21-7-5-16(10-24-21)33(30,31)26-11-14(3)20(12-26)27-19-8-15(23)4-6-17(19)18(25-27)9-22(28)29/h4-6,8,10,13-14,20-21H,7,9,11-12H2,1-3H3,(H,28,29)/t14-,20+,21?/m1/s1. The molecular formula is C22H27ClN4O5S. The summed E-state index contributed by atoms with van der Waals surface area (Å²) in [5.41, 5.74) is 1.13. The predicted molar refractivity (Wildman–Crippen MR) is 126 cm³/mol. The number of fused-ring (bicyclic) bond motifs is 1. The highest BCUT2D eigenvalue weighted by molar-refractivity contribution is 7.93. The second-order valence-electron chi connectivity index (χ2n) is 8.75. The number of ether oxygens (including phenoxy) is 1. The molecule has 4 rings (SSSR count). The summed E-state index contributed by atoms with van der Waals surface area (Å²) in [7, 11) is -3.73. The van der Waals surface area contributed by atoms with E-state index in [0.29, 0.717) is 34.6 Å². The van der Waals surface area contributed by atoms with Crippen LogP contribution in [0.15, 0.2) is 34.2 Å². The van der Waals surface area contributed by atoms with Gasteiger partial charge < -0.3 is 9.84 Å². The van der Waals surface area contributed by atoms with Gasteiger partial charge in [0.1, 0.15) is 0 Å². The average Bonchev–Trinajstić information content (AvgIpc) is 3.28. The SMILES string of the molecule is CC(C)OC1CC=C(S(=O)(=O)N2C[C@@H](C)[C@@H](n3nc(CC(=O)O)c4ccc(Cl)cc43)C2)C=N1. The van der Waals surface area contributed by atoms with Gasteiger partial charge in [0.25, 0.3) is 0 Å².